The van der Waals surface area contributed by atoms with Crippen LogP contribution in [0.15, 0.2) is 29.4 Å². The number of non-ortho nitro benzene ring substituents is 1. The van der Waals surface area contributed by atoms with Gasteiger partial charge >= 0.3 is 0 Å². The first-order chi connectivity index (χ1) is 14.4. The molecule has 1 heterocycles. The van der Waals surface area contributed by atoms with Crippen LogP contribution < -0.4 is 10.7 Å². The molecule has 2 N–H and O–H groups in total. The Labute approximate surface area is 176 Å². The summed E-state index contributed by atoms with van der Waals surface area (Å²) in [5, 5.41) is 18.5. The van der Waals surface area contributed by atoms with Crippen LogP contribution in [0.4, 0.5) is 5.69 Å². The van der Waals surface area contributed by atoms with Crippen LogP contribution in [0.5, 0.6) is 0 Å². The van der Waals surface area contributed by atoms with Crippen molar-refractivity contribution >= 4 is 17.8 Å². The summed E-state index contributed by atoms with van der Waals surface area (Å²) in [6.07, 6.45) is 7.58. The zero-order chi connectivity index (χ0) is 21.7. The molecule has 0 spiro atoms. The minimum Gasteiger partial charge on any atom is -0.317 e. The van der Waals surface area contributed by atoms with E-state index in [0.717, 1.165) is 41.0 Å². The van der Waals surface area contributed by atoms with Gasteiger partial charge in [-0.1, -0.05) is 25.3 Å². The van der Waals surface area contributed by atoms with Crippen molar-refractivity contribution in [1.29, 1.82) is 0 Å². The van der Waals surface area contributed by atoms with Crippen molar-refractivity contribution < 1.29 is 9.72 Å². The molecular weight excluding hydrogens is 382 g/mol. The summed E-state index contributed by atoms with van der Waals surface area (Å²) in [5.41, 5.74) is 7.00. The van der Waals surface area contributed by atoms with Crippen LogP contribution in [0.1, 0.15) is 54.6 Å². The molecule has 1 saturated carbocycles. The molecule has 8 nitrogen and oxygen atoms in total. The van der Waals surface area contributed by atoms with E-state index in [1.165, 1.54) is 25.3 Å². The SMILES string of the molecule is Cc1ccc([N+](=O)[O-])cc1-n1c(C)cc(/C=N\NC(=O)CNC2CCCCC2)c1C. The number of nitrogens with one attached hydrogen (secondary N) is 2. The van der Waals surface area contributed by atoms with Crippen molar-refractivity contribution in [2.45, 2.75) is 58.9 Å². The molecule has 3 rings (SSSR count). The van der Waals surface area contributed by atoms with Gasteiger partial charge in [0, 0.05) is 35.1 Å². The van der Waals surface area contributed by atoms with Crippen molar-refractivity contribution in [3.8, 4) is 5.69 Å². The summed E-state index contributed by atoms with van der Waals surface area (Å²) in [4.78, 5) is 22.8. The molecule has 8 heteroatoms. The Morgan fingerprint density at radius 1 is 1.23 bits per heavy atom. The summed E-state index contributed by atoms with van der Waals surface area (Å²) in [6, 6.07) is 7.20. The number of benzene rings is 1. The smallest absolute Gasteiger partial charge is 0.271 e. The Balaban J connectivity index is 1.67. The summed E-state index contributed by atoms with van der Waals surface area (Å²) in [6.45, 7) is 6.05. The van der Waals surface area contributed by atoms with Crippen LogP contribution in [0, 0.1) is 30.9 Å². The average Bonchev–Trinajstić information content (AvgIpc) is 3.00. The molecule has 0 bridgehead atoms. The molecule has 30 heavy (non-hydrogen) atoms. The van der Waals surface area contributed by atoms with E-state index in [1.807, 2.05) is 31.4 Å². The lowest BCUT2D eigenvalue weighted by molar-refractivity contribution is -0.384. The van der Waals surface area contributed by atoms with Gasteiger partial charge in [0.1, 0.15) is 0 Å². The molecule has 1 fully saturated rings. The molecule has 0 atom stereocenters. The molecule has 2 aromatic rings. The van der Waals surface area contributed by atoms with Gasteiger partial charge < -0.3 is 9.88 Å². The van der Waals surface area contributed by atoms with E-state index in [0.29, 0.717) is 6.04 Å². The van der Waals surface area contributed by atoms with Crippen molar-refractivity contribution in [1.82, 2.24) is 15.3 Å². The number of aromatic nitrogens is 1. The van der Waals surface area contributed by atoms with Crippen LogP contribution >= 0.6 is 0 Å². The van der Waals surface area contributed by atoms with Gasteiger partial charge in [0.25, 0.3) is 11.6 Å². The summed E-state index contributed by atoms with van der Waals surface area (Å²) in [5.74, 6) is -0.167. The fourth-order valence-corrected chi connectivity index (χ4v) is 4.00. The number of hydrazone groups is 1. The topological polar surface area (TPSA) is 102 Å². The first kappa shape index (κ1) is 21.7. The van der Waals surface area contributed by atoms with Crippen LogP contribution in [-0.4, -0.2) is 34.2 Å². The van der Waals surface area contributed by atoms with Gasteiger partial charge in [0.15, 0.2) is 0 Å². The normalized spacial score (nSPS) is 14.9. The number of nitro benzene ring substituents is 1. The van der Waals surface area contributed by atoms with Crippen LogP contribution in [0.2, 0.25) is 0 Å². The van der Waals surface area contributed by atoms with Gasteiger partial charge in [-0.3, -0.25) is 14.9 Å². The van der Waals surface area contributed by atoms with Crippen molar-refractivity contribution in [3.05, 3.63) is 56.9 Å². The molecule has 0 aliphatic heterocycles. The molecule has 0 saturated heterocycles. The largest absolute Gasteiger partial charge is 0.317 e. The molecular formula is C22H29N5O3. The molecule has 0 radical (unpaired) electrons. The number of aryl methyl sites for hydroxylation is 2. The number of hydrogen-bond donors (Lipinski definition) is 2. The molecule has 1 aliphatic rings. The van der Waals surface area contributed by atoms with Crippen LogP contribution in [-0.2, 0) is 4.79 Å². The molecule has 160 valence electrons. The Kier molecular flexibility index (Phi) is 6.99. The predicted molar refractivity (Wildman–Crippen MR) is 117 cm³/mol. The van der Waals surface area contributed by atoms with E-state index < -0.39 is 4.92 Å². The zero-order valence-corrected chi connectivity index (χ0v) is 17.8. The Morgan fingerprint density at radius 3 is 2.67 bits per heavy atom. The maximum atomic E-state index is 12.0. The Morgan fingerprint density at radius 2 is 1.97 bits per heavy atom. The van der Waals surface area contributed by atoms with Gasteiger partial charge in [0.2, 0.25) is 0 Å². The lowest BCUT2D eigenvalue weighted by Crippen LogP contribution is -2.38. The van der Waals surface area contributed by atoms with E-state index in [2.05, 4.69) is 15.8 Å². The third kappa shape index (κ3) is 5.13. The fourth-order valence-electron chi connectivity index (χ4n) is 4.00. The maximum Gasteiger partial charge on any atom is 0.271 e. The highest BCUT2D eigenvalue weighted by atomic mass is 16.6. The van der Waals surface area contributed by atoms with Crippen molar-refractivity contribution in [2.75, 3.05) is 6.54 Å². The fraction of sp³-hybridized carbons (Fsp3) is 0.455. The summed E-state index contributed by atoms with van der Waals surface area (Å²) in [7, 11) is 0. The first-order valence-electron chi connectivity index (χ1n) is 10.4. The third-order valence-electron chi connectivity index (χ3n) is 5.66. The maximum absolute atomic E-state index is 12.0. The number of carbonyl (C=O) groups is 1. The highest BCUT2D eigenvalue weighted by Crippen LogP contribution is 2.26. The number of rotatable bonds is 7. The summed E-state index contributed by atoms with van der Waals surface area (Å²) < 4.78 is 1.97. The minimum absolute atomic E-state index is 0.0519. The number of nitrogens with zero attached hydrogens (tertiary/aromatic N) is 3. The second kappa shape index (κ2) is 9.67. The van der Waals surface area contributed by atoms with Gasteiger partial charge in [-0.05, 0) is 45.2 Å². The van der Waals surface area contributed by atoms with E-state index in [1.54, 1.807) is 18.3 Å². The highest BCUT2D eigenvalue weighted by molar-refractivity contribution is 5.84. The minimum atomic E-state index is -0.392. The summed E-state index contributed by atoms with van der Waals surface area (Å²) >= 11 is 0. The first-order valence-corrected chi connectivity index (χ1v) is 10.4. The highest BCUT2D eigenvalue weighted by Gasteiger charge is 2.16. The van der Waals surface area contributed by atoms with E-state index >= 15 is 0 Å². The second-order valence-electron chi connectivity index (χ2n) is 7.90. The predicted octanol–water partition coefficient (Wildman–Crippen LogP) is 3.68. The lowest BCUT2D eigenvalue weighted by atomic mass is 9.95. The Hall–Kier alpha value is -3.00. The third-order valence-corrected chi connectivity index (χ3v) is 5.66. The van der Waals surface area contributed by atoms with Crippen LogP contribution in [0.25, 0.3) is 5.69 Å². The van der Waals surface area contributed by atoms with Gasteiger partial charge in [-0.2, -0.15) is 5.10 Å². The number of nitro groups is 1. The lowest BCUT2D eigenvalue weighted by Gasteiger charge is -2.22. The molecule has 1 aromatic carbocycles. The quantitative estimate of drug-likeness (QED) is 0.412. The van der Waals surface area contributed by atoms with Gasteiger partial charge in [-0.25, -0.2) is 5.43 Å². The van der Waals surface area contributed by atoms with Crippen LogP contribution in [0.3, 0.4) is 0 Å². The second-order valence-corrected chi connectivity index (χ2v) is 7.90. The van der Waals surface area contributed by atoms with Gasteiger partial charge in [-0.15, -0.1) is 0 Å². The van der Waals surface area contributed by atoms with E-state index in [-0.39, 0.29) is 18.1 Å². The monoisotopic (exact) mass is 411 g/mol. The molecule has 1 aromatic heterocycles. The molecule has 1 aliphatic carbocycles. The van der Waals surface area contributed by atoms with E-state index in [4.69, 9.17) is 0 Å². The number of carbonyl (C=O) groups excluding carboxylic acids is 1. The Bertz CT molecular complexity index is 958. The molecule has 0 unspecified atom stereocenters. The van der Waals surface area contributed by atoms with E-state index in [9.17, 15) is 14.9 Å². The number of amides is 1. The zero-order valence-electron chi connectivity index (χ0n) is 17.8. The molecule has 1 amide bonds. The van der Waals surface area contributed by atoms with Gasteiger partial charge in [0.05, 0.1) is 23.4 Å². The van der Waals surface area contributed by atoms with Crippen molar-refractivity contribution in [3.63, 3.8) is 0 Å². The average molecular weight is 412 g/mol. The number of hydrogen-bond acceptors (Lipinski definition) is 5. The standard InChI is InChI=1S/C22H29N5O3/c1-15-9-10-20(27(29)30)12-21(15)26-16(2)11-18(17(26)3)13-24-25-22(28)14-23-19-7-5-4-6-8-19/h9-13,19,23H,4-8,14H2,1-3H3,(H,25,28)/b24-13-. The van der Waals surface area contributed by atoms with Crippen molar-refractivity contribution in [2.24, 2.45) is 5.10 Å².